The highest BCUT2D eigenvalue weighted by atomic mass is 32.2. The molecule has 0 aliphatic heterocycles. The number of imidazole rings is 1. The van der Waals surface area contributed by atoms with Crippen LogP contribution in [0.5, 0.6) is 0 Å². The first kappa shape index (κ1) is 29.1. The number of benzene rings is 1. The molecule has 3 N–H and O–H groups in total. The van der Waals surface area contributed by atoms with Crippen molar-refractivity contribution in [2.75, 3.05) is 17.3 Å². The van der Waals surface area contributed by atoms with E-state index in [9.17, 15) is 17.6 Å². The highest BCUT2D eigenvalue weighted by molar-refractivity contribution is 7.90. The van der Waals surface area contributed by atoms with E-state index in [1.165, 1.54) is 12.1 Å². The maximum Gasteiger partial charge on any atom is 0.224 e. The Labute approximate surface area is 252 Å². The third-order valence-corrected chi connectivity index (χ3v) is 7.91. The van der Waals surface area contributed by atoms with Crippen molar-refractivity contribution in [1.82, 2.24) is 35.1 Å². The van der Waals surface area contributed by atoms with Gasteiger partial charge < -0.3 is 10.3 Å². The summed E-state index contributed by atoms with van der Waals surface area (Å²) >= 11 is 0. The van der Waals surface area contributed by atoms with Crippen molar-refractivity contribution < 1.29 is 17.6 Å². The van der Waals surface area contributed by atoms with Gasteiger partial charge in [-0.05, 0) is 59.9 Å². The van der Waals surface area contributed by atoms with Gasteiger partial charge in [-0.25, -0.2) is 27.8 Å². The molecule has 0 saturated heterocycles. The van der Waals surface area contributed by atoms with Crippen molar-refractivity contribution in [2.45, 2.75) is 26.7 Å². The normalized spacial score (nSPS) is 11.9. The fraction of sp³-hybridized carbons (Fsp3) is 0.226. The second-order valence-corrected chi connectivity index (χ2v) is 13.4. The van der Waals surface area contributed by atoms with Crippen LogP contribution in [-0.2, 0) is 21.1 Å². The van der Waals surface area contributed by atoms with Gasteiger partial charge in [-0.2, -0.15) is 5.10 Å². The number of sulfone groups is 1. The van der Waals surface area contributed by atoms with E-state index in [4.69, 9.17) is 4.98 Å². The maximum absolute atomic E-state index is 14.6. The Morgan fingerprint density at radius 1 is 1.05 bits per heavy atom. The molecule has 0 saturated carbocycles. The van der Waals surface area contributed by atoms with Crippen LogP contribution in [0.3, 0.4) is 0 Å². The minimum Gasteiger partial charge on any atom is -0.335 e. The first-order valence-electron chi connectivity index (χ1n) is 14.0. The Kier molecular flexibility index (Phi) is 7.64. The number of nitrogens with one attached hydrogen (secondary N) is 3. The van der Waals surface area contributed by atoms with Gasteiger partial charge in [0.2, 0.25) is 5.91 Å². The molecule has 5 heterocycles. The highest BCUT2D eigenvalue weighted by Crippen LogP contribution is 2.32. The van der Waals surface area contributed by atoms with Gasteiger partial charge in [-0.3, -0.25) is 14.9 Å². The summed E-state index contributed by atoms with van der Waals surface area (Å²) in [4.78, 5) is 33.7. The zero-order valence-electron chi connectivity index (χ0n) is 24.2. The predicted octanol–water partition coefficient (Wildman–Crippen LogP) is 5.34. The SMILES string of the molecule is CC(C)CC(=O)Nc1cncc(-c2ccc3[nH]nc(-c4nc5nccc(-c6cc(F)cc(CCS(C)(=O)=O)c6)c5[nH]4)c3n2)c1. The van der Waals surface area contributed by atoms with E-state index < -0.39 is 15.7 Å². The number of aromatic amines is 2. The fourth-order valence-corrected chi connectivity index (χ4v) is 5.58. The summed E-state index contributed by atoms with van der Waals surface area (Å²) in [6.07, 6.45) is 6.61. The molecular formula is C31H29FN8O3S. The molecule has 6 rings (SSSR count). The number of hydrogen-bond donors (Lipinski definition) is 3. The first-order valence-corrected chi connectivity index (χ1v) is 16.0. The summed E-state index contributed by atoms with van der Waals surface area (Å²) in [5.74, 6) is 0.0175. The Balaban J connectivity index is 1.36. The molecule has 224 valence electrons. The molecular weight excluding hydrogens is 583 g/mol. The Morgan fingerprint density at radius 2 is 1.89 bits per heavy atom. The number of carbonyl (C=O) groups is 1. The maximum atomic E-state index is 14.6. The topological polar surface area (TPSA) is 159 Å². The zero-order valence-corrected chi connectivity index (χ0v) is 25.0. The average Bonchev–Trinajstić information content (AvgIpc) is 3.59. The lowest BCUT2D eigenvalue weighted by Crippen LogP contribution is -2.14. The van der Waals surface area contributed by atoms with Crippen LogP contribution in [0.25, 0.3) is 56.1 Å². The number of pyridine rings is 3. The number of H-pyrrole nitrogens is 2. The summed E-state index contributed by atoms with van der Waals surface area (Å²) in [7, 11) is -3.20. The van der Waals surface area contributed by atoms with Crippen molar-refractivity contribution in [3.05, 3.63) is 72.4 Å². The molecule has 1 amide bonds. The standard InChI is InChI=1S/C31H29FN8O3S/c1-17(2)10-26(41)35-22-14-20(15-33-16-22)24-4-5-25-28(36-24)29(40-39-25)31-37-27-23(6-8-34-30(27)38-31)19-11-18(12-21(32)13-19)7-9-44(3,42)43/h4-6,8,11-17H,7,9-10H2,1-3H3,(H,35,41)(H,39,40)(H,34,37,38). The van der Waals surface area contributed by atoms with Crippen LogP contribution in [0.1, 0.15) is 25.8 Å². The predicted molar refractivity (Wildman–Crippen MR) is 167 cm³/mol. The molecule has 11 nitrogen and oxygen atoms in total. The molecule has 44 heavy (non-hydrogen) atoms. The van der Waals surface area contributed by atoms with E-state index in [-0.39, 0.29) is 24.0 Å². The van der Waals surface area contributed by atoms with Gasteiger partial charge in [-0.15, -0.1) is 0 Å². The summed E-state index contributed by atoms with van der Waals surface area (Å²) in [5.41, 5.74) is 6.41. The molecule has 0 fully saturated rings. The van der Waals surface area contributed by atoms with Gasteiger partial charge in [0, 0.05) is 36.2 Å². The molecule has 13 heteroatoms. The van der Waals surface area contributed by atoms with Crippen molar-refractivity contribution in [3.63, 3.8) is 0 Å². The fourth-order valence-electron chi connectivity index (χ4n) is 4.97. The Morgan fingerprint density at radius 3 is 2.68 bits per heavy atom. The molecule has 6 aromatic rings. The van der Waals surface area contributed by atoms with Crippen LogP contribution in [0.15, 0.2) is 61.1 Å². The van der Waals surface area contributed by atoms with E-state index in [1.807, 2.05) is 32.0 Å². The number of aromatic nitrogens is 7. The van der Waals surface area contributed by atoms with Crippen LogP contribution >= 0.6 is 0 Å². The number of amides is 1. The molecule has 0 aliphatic rings. The third kappa shape index (κ3) is 6.32. The molecule has 0 atom stereocenters. The summed E-state index contributed by atoms with van der Waals surface area (Å²) in [5, 5.41) is 10.3. The molecule has 0 aliphatic carbocycles. The summed E-state index contributed by atoms with van der Waals surface area (Å²) in [6.45, 7) is 3.97. The Bertz CT molecular complexity index is 2140. The lowest BCUT2D eigenvalue weighted by molar-refractivity contribution is -0.116. The average molecular weight is 613 g/mol. The van der Waals surface area contributed by atoms with Crippen LogP contribution in [0.2, 0.25) is 0 Å². The second-order valence-electron chi connectivity index (χ2n) is 11.1. The quantitative estimate of drug-likeness (QED) is 0.197. The smallest absolute Gasteiger partial charge is 0.224 e. The summed E-state index contributed by atoms with van der Waals surface area (Å²) in [6, 6.07) is 11.8. The minimum absolute atomic E-state index is 0.0792. The second kappa shape index (κ2) is 11.6. The monoisotopic (exact) mass is 612 g/mol. The number of hydrogen-bond acceptors (Lipinski definition) is 8. The number of carbonyl (C=O) groups excluding carboxylic acids is 1. The number of fused-ring (bicyclic) bond motifs is 2. The van der Waals surface area contributed by atoms with E-state index in [0.717, 1.165) is 6.26 Å². The molecule has 0 spiro atoms. The van der Waals surface area contributed by atoms with Gasteiger partial charge >= 0.3 is 0 Å². The van der Waals surface area contributed by atoms with Gasteiger partial charge in [0.25, 0.3) is 0 Å². The summed E-state index contributed by atoms with van der Waals surface area (Å²) < 4.78 is 37.9. The first-order chi connectivity index (χ1) is 21.0. The van der Waals surface area contributed by atoms with Crippen molar-refractivity contribution >= 4 is 43.6 Å². The van der Waals surface area contributed by atoms with Crippen LogP contribution < -0.4 is 5.32 Å². The van der Waals surface area contributed by atoms with Gasteiger partial charge in [0.1, 0.15) is 21.2 Å². The lowest BCUT2D eigenvalue weighted by Gasteiger charge is -2.08. The highest BCUT2D eigenvalue weighted by Gasteiger charge is 2.18. The molecule has 0 bridgehead atoms. The largest absolute Gasteiger partial charge is 0.335 e. The molecule has 5 aromatic heterocycles. The van der Waals surface area contributed by atoms with Crippen molar-refractivity contribution in [2.24, 2.45) is 5.92 Å². The van der Waals surface area contributed by atoms with Crippen molar-refractivity contribution in [1.29, 1.82) is 0 Å². The van der Waals surface area contributed by atoms with Gasteiger partial charge in [0.15, 0.2) is 17.2 Å². The molecule has 0 radical (unpaired) electrons. The number of anilines is 1. The number of nitrogens with zero attached hydrogens (tertiary/aromatic N) is 5. The molecule has 0 unspecified atom stereocenters. The van der Waals surface area contributed by atoms with Crippen LogP contribution in [-0.4, -0.2) is 61.5 Å². The van der Waals surface area contributed by atoms with E-state index in [2.05, 4.69) is 35.5 Å². The number of halogens is 1. The van der Waals surface area contributed by atoms with Crippen LogP contribution in [0, 0.1) is 11.7 Å². The van der Waals surface area contributed by atoms with E-state index in [1.54, 1.807) is 30.7 Å². The van der Waals surface area contributed by atoms with Crippen LogP contribution in [0.4, 0.5) is 10.1 Å². The van der Waals surface area contributed by atoms with Crippen molar-refractivity contribution in [3.8, 4) is 33.9 Å². The van der Waals surface area contributed by atoms with Gasteiger partial charge in [-0.1, -0.05) is 19.9 Å². The number of rotatable bonds is 9. The third-order valence-electron chi connectivity index (χ3n) is 6.97. The minimum atomic E-state index is -3.20. The molecule has 1 aromatic carbocycles. The number of aryl methyl sites for hydroxylation is 1. The van der Waals surface area contributed by atoms with E-state index >= 15 is 0 Å². The van der Waals surface area contributed by atoms with E-state index in [0.29, 0.717) is 73.8 Å². The lowest BCUT2D eigenvalue weighted by atomic mass is 10.0. The zero-order chi connectivity index (χ0) is 31.0. The Hall–Kier alpha value is -5.04. The van der Waals surface area contributed by atoms with Gasteiger partial charge in [0.05, 0.1) is 34.4 Å².